The Morgan fingerprint density at radius 2 is 1.68 bits per heavy atom. The number of ether oxygens (including phenoxy) is 3. The van der Waals surface area contributed by atoms with E-state index in [9.17, 15) is 13.2 Å². The minimum atomic E-state index is -3.38. The van der Waals surface area contributed by atoms with E-state index in [1.807, 2.05) is 0 Å². The first-order chi connectivity index (χ1) is 16.1. The van der Waals surface area contributed by atoms with Gasteiger partial charge in [-0.1, -0.05) is 17.7 Å². The SMILES string of the molecule is COc1cccc(Oc2ccc(Cl)cc2NC(=O)[C@H](C)Oc2ccc(N(C)S(C)(=O)=O)cc2)c1. The van der Waals surface area contributed by atoms with E-state index in [0.29, 0.717) is 39.4 Å². The van der Waals surface area contributed by atoms with Crippen LogP contribution in [0.15, 0.2) is 66.7 Å². The lowest BCUT2D eigenvalue weighted by Gasteiger charge is -2.19. The standard InChI is InChI=1S/C24H25ClN2O6S/c1-16(32-19-11-9-18(10-12-19)27(2)34(4,29)30)24(28)26-22-14-17(25)8-13-23(22)33-21-7-5-6-20(15-21)31-3/h5-16H,1-4H3,(H,26,28)/t16-/m0/s1. The molecular formula is C24H25ClN2O6S. The van der Waals surface area contributed by atoms with Gasteiger partial charge < -0.3 is 19.5 Å². The molecule has 10 heteroatoms. The Morgan fingerprint density at radius 3 is 2.32 bits per heavy atom. The number of amides is 1. The van der Waals surface area contributed by atoms with Crippen LogP contribution in [0.1, 0.15) is 6.92 Å². The highest BCUT2D eigenvalue weighted by Gasteiger charge is 2.18. The summed E-state index contributed by atoms with van der Waals surface area (Å²) in [5.41, 5.74) is 0.853. The molecule has 1 amide bonds. The molecule has 0 aliphatic rings. The third-order valence-corrected chi connectivity index (χ3v) is 6.29. The van der Waals surface area contributed by atoms with Crippen LogP contribution in [0.4, 0.5) is 11.4 Å². The summed E-state index contributed by atoms with van der Waals surface area (Å²) in [6.07, 6.45) is 0.258. The van der Waals surface area contributed by atoms with Crippen molar-refractivity contribution in [3.8, 4) is 23.0 Å². The molecule has 180 valence electrons. The zero-order chi connectivity index (χ0) is 24.9. The van der Waals surface area contributed by atoms with Gasteiger partial charge in [0.05, 0.1) is 24.7 Å². The highest BCUT2D eigenvalue weighted by molar-refractivity contribution is 7.92. The maximum atomic E-state index is 12.8. The number of hydrogen-bond donors (Lipinski definition) is 1. The van der Waals surface area contributed by atoms with Crippen molar-refractivity contribution in [2.75, 3.05) is 30.0 Å². The minimum Gasteiger partial charge on any atom is -0.497 e. The summed E-state index contributed by atoms with van der Waals surface area (Å²) in [5.74, 6) is 1.54. The van der Waals surface area contributed by atoms with Crippen LogP contribution >= 0.6 is 11.6 Å². The van der Waals surface area contributed by atoms with Gasteiger partial charge in [-0.15, -0.1) is 0 Å². The zero-order valence-electron chi connectivity index (χ0n) is 19.1. The first kappa shape index (κ1) is 25.2. The number of nitrogens with one attached hydrogen (secondary N) is 1. The normalized spacial score (nSPS) is 11.9. The number of hydrogen-bond acceptors (Lipinski definition) is 6. The van der Waals surface area contributed by atoms with Gasteiger partial charge in [0, 0.05) is 18.1 Å². The van der Waals surface area contributed by atoms with E-state index < -0.39 is 22.0 Å². The van der Waals surface area contributed by atoms with Gasteiger partial charge >= 0.3 is 0 Å². The molecule has 0 spiro atoms. The fourth-order valence-electron chi connectivity index (χ4n) is 2.90. The molecule has 1 atom stereocenters. The van der Waals surface area contributed by atoms with Gasteiger partial charge in [-0.2, -0.15) is 0 Å². The summed E-state index contributed by atoms with van der Waals surface area (Å²) < 4.78 is 41.3. The number of sulfonamides is 1. The van der Waals surface area contributed by atoms with E-state index in [-0.39, 0.29) is 0 Å². The lowest BCUT2D eigenvalue weighted by atomic mass is 10.2. The van der Waals surface area contributed by atoms with Crippen LogP contribution in [0.5, 0.6) is 23.0 Å². The van der Waals surface area contributed by atoms with Crippen molar-refractivity contribution in [2.24, 2.45) is 0 Å². The molecule has 1 N–H and O–H groups in total. The molecule has 0 fully saturated rings. The molecule has 0 unspecified atom stereocenters. The molecule has 0 aliphatic heterocycles. The van der Waals surface area contributed by atoms with Crippen molar-refractivity contribution in [3.63, 3.8) is 0 Å². The maximum absolute atomic E-state index is 12.8. The lowest BCUT2D eigenvalue weighted by molar-refractivity contribution is -0.122. The number of benzene rings is 3. The summed E-state index contributed by atoms with van der Waals surface area (Å²) in [6.45, 7) is 1.60. The van der Waals surface area contributed by atoms with Crippen LogP contribution in [0.3, 0.4) is 0 Å². The van der Waals surface area contributed by atoms with Crippen molar-refractivity contribution < 1.29 is 27.4 Å². The van der Waals surface area contributed by atoms with E-state index in [1.165, 1.54) is 7.05 Å². The zero-order valence-corrected chi connectivity index (χ0v) is 20.7. The Bertz CT molecular complexity index is 1260. The highest BCUT2D eigenvalue weighted by atomic mass is 35.5. The Balaban J connectivity index is 1.70. The van der Waals surface area contributed by atoms with Crippen LogP contribution in [-0.4, -0.2) is 40.8 Å². The van der Waals surface area contributed by atoms with Gasteiger partial charge in [-0.05, 0) is 61.5 Å². The molecule has 0 heterocycles. The molecule has 3 aromatic rings. The number of carbonyl (C=O) groups excluding carboxylic acids is 1. The predicted molar refractivity (Wildman–Crippen MR) is 133 cm³/mol. The molecule has 0 saturated carbocycles. The summed E-state index contributed by atoms with van der Waals surface area (Å²) in [7, 11) is -0.358. The largest absolute Gasteiger partial charge is 0.497 e. The van der Waals surface area contributed by atoms with Gasteiger partial charge in [0.15, 0.2) is 11.9 Å². The molecular weight excluding hydrogens is 480 g/mol. The molecule has 34 heavy (non-hydrogen) atoms. The van der Waals surface area contributed by atoms with Gasteiger partial charge in [-0.3, -0.25) is 9.10 Å². The van der Waals surface area contributed by atoms with Crippen molar-refractivity contribution in [2.45, 2.75) is 13.0 Å². The molecule has 0 aliphatic carbocycles. The van der Waals surface area contributed by atoms with Crippen molar-refractivity contribution >= 4 is 38.9 Å². The number of halogens is 1. The van der Waals surface area contributed by atoms with Crippen molar-refractivity contribution in [3.05, 3.63) is 71.8 Å². The summed E-state index contributed by atoms with van der Waals surface area (Å²) in [5, 5.41) is 3.20. The Morgan fingerprint density at radius 1 is 1.00 bits per heavy atom. The number of carbonyl (C=O) groups is 1. The molecule has 0 saturated heterocycles. The first-order valence-corrected chi connectivity index (χ1v) is 12.4. The van der Waals surface area contributed by atoms with Crippen molar-refractivity contribution in [1.82, 2.24) is 0 Å². The fourth-order valence-corrected chi connectivity index (χ4v) is 3.58. The second-order valence-electron chi connectivity index (χ2n) is 7.40. The van der Waals surface area contributed by atoms with E-state index in [2.05, 4.69) is 5.32 Å². The van der Waals surface area contributed by atoms with Crippen LogP contribution < -0.4 is 23.8 Å². The molecule has 3 aromatic carbocycles. The topological polar surface area (TPSA) is 94.2 Å². The predicted octanol–water partition coefficient (Wildman–Crippen LogP) is 4.94. The van der Waals surface area contributed by atoms with Crippen LogP contribution in [0.25, 0.3) is 0 Å². The summed E-state index contributed by atoms with van der Waals surface area (Å²) in [6, 6.07) is 18.3. The van der Waals surface area contributed by atoms with Gasteiger partial charge in [-0.25, -0.2) is 8.42 Å². The van der Waals surface area contributed by atoms with Crippen LogP contribution in [0.2, 0.25) is 5.02 Å². The molecule has 0 bridgehead atoms. The fraction of sp³-hybridized carbons (Fsp3) is 0.208. The smallest absolute Gasteiger partial charge is 0.265 e. The second kappa shape index (κ2) is 10.7. The van der Waals surface area contributed by atoms with Gasteiger partial charge in [0.1, 0.15) is 17.2 Å². The highest BCUT2D eigenvalue weighted by Crippen LogP contribution is 2.33. The number of rotatable bonds is 9. The molecule has 8 nitrogen and oxygen atoms in total. The third kappa shape index (κ3) is 6.55. The summed E-state index contributed by atoms with van der Waals surface area (Å²) in [4.78, 5) is 12.8. The first-order valence-electron chi connectivity index (χ1n) is 10.2. The summed E-state index contributed by atoms with van der Waals surface area (Å²) >= 11 is 6.13. The minimum absolute atomic E-state index is 0.376. The van der Waals surface area contributed by atoms with E-state index in [4.69, 9.17) is 25.8 Å². The van der Waals surface area contributed by atoms with E-state index in [1.54, 1.807) is 80.8 Å². The molecule has 3 rings (SSSR count). The molecule has 0 aromatic heterocycles. The average Bonchev–Trinajstić information content (AvgIpc) is 2.80. The van der Waals surface area contributed by atoms with Crippen molar-refractivity contribution in [1.29, 1.82) is 0 Å². The number of anilines is 2. The quantitative estimate of drug-likeness (QED) is 0.443. The monoisotopic (exact) mass is 504 g/mol. The Kier molecular flexibility index (Phi) is 7.90. The van der Waals surface area contributed by atoms with Gasteiger partial charge in [0.25, 0.3) is 5.91 Å². The lowest BCUT2D eigenvalue weighted by Crippen LogP contribution is -2.30. The van der Waals surface area contributed by atoms with E-state index >= 15 is 0 Å². The van der Waals surface area contributed by atoms with E-state index in [0.717, 1.165) is 10.6 Å². The van der Waals surface area contributed by atoms with Gasteiger partial charge in [0.2, 0.25) is 10.0 Å². The second-order valence-corrected chi connectivity index (χ2v) is 9.85. The molecule has 0 radical (unpaired) electrons. The van der Waals surface area contributed by atoms with Crippen LogP contribution in [0, 0.1) is 0 Å². The van der Waals surface area contributed by atoms with Crippen LogP contribution in [-0.2, 0) is 14.8 Å². The number of methoxy groups -OCH3 is 1. The number of nitrogens with zero attached hydrogens (tertiary/aromatic N) is 1. The third-order valence-electron chi connectivity index (χ3n) is 4.85. The Labute approximate surface area is 204 Å². The average molecular weight is 505 g/mol. The Hall–Kier alpha value is -3.43. The maximum Gasteiger partial charge on any atom is 0.265 e.